The molecular weight excluding hydrogens is 332 g/mol. The first-order chi connectivity index (χ1) is 12.5. The zero-order valence-corrected chi connectivity index (χ0v) is 14.7. The van der Waals surface area contributed by atoms with Gasteiger partial charge in [0.15, 0.2) is 5.78 Å². The average Bonchev–Trinajstić information content (AvgIpc) is 2.93. The van der Waals surface area contributed by atoms with Gasteiger partial charge in [0.05, 0.1) is 13.7 Å². The minimum absolute atomic E-state index is 0.282. The zero-order valence-electron chi connectivity index (χ0n) is 14.7. The van der Waals surface area contributed by atoms with Gasteiger partial charge >= 0.3 is 6.03 Å². The molecule has 0 radical (unpaired) electrons. The first-order valence-electron chi connectivity index (χ1n) is 8.38. The van der Waals surface area contributed by atoms with E-state index in [4.69, 9.17) is 4.74 Å². The van der Waals surface area contributed by atoms with E-state index >= 15 is 0 Å². The van der Waals surface area contributed by atoms with Crippen LogP contribution in [0.5, 0.6) is 5.75 Å². The van der Waals surface area contributed by atoms with Gasteiger partial charge in [-0.25, -0.2) is 4.79 Å². The molecule has 1 heterocycles. The Hall–Kier alpha value is -3.15. The second-order valence-corrected chi connectivity index (χ2v) is 6.10. The summed E-state index contributed by atoms with van der Waals surface area (Å²) in [6, 6.07) is 15.0. The van der Waals surface area contributed by atoms with Crippen LogP contribution in [0.2, 0.25) is 0 Å². The molecular formula is C20H20N2O4. The monoisotopic (exact) mass is 352 g/mol. The molecule has 6 heteroatoms. The van der Waals surface area contributed by atoms with Crippen LogP contribution >= 0.6 is 0 Å². The Kier molecular flexibility index (Phi) is 4.75. The minimum atomic E-state index is -1.17. The Balaban J connectivity index is 1.87. The summed E-state index contributed by atoms with van der Waals surface area (Å²) in [5, 5.41) is 2.77. The molecule has 1 saturated heterocycles. The second kappa shape index (κ2) is 7.00. The third-order valence-corrected chi connectivity index (χ3v) is 4.69. The highest BCUT2D eigenvalue weighted by Crippen LogP contribution is 2.33. The highest BCUT2D eigenvalue weighted by Gasteiger charge is 2.51. The Morgan fingerprint density at radius 3 is 2.31 bits per heavy atom. The molecule has 1 N–H and O–H groups in total. The van der Waals surface area contributed by atoms with Gasteiger partial charge in [-0.1, -0.05) is 49.4 Å². The van der Waals surface area contributed by atoms with Gasteiger partial charge in [-0.2, -0.15) is 0 Å². The molecule has 1 aliphatic heterocycles. The number of ketones is 1. The SMILES string of the molecule is CC[C@]1(c2ccc(OC)cc2)NC(=O)N(CC(=O)c2ccccc2)C1=O. The summed E-state index contributed by atoms with van der Waals surface area (Å²) in [7, 11) is 1.56. The van der Waals surface area contributed by atoms with Gasteiger partial charge in [-0.3, -0.25) is 14.5 Å². The maximum Gasteiger partial charge on any atom is 0.325 e. The smallest absolute Gasteiger partial charge is 0.325 e. The van der Waals surface area contributed by atoms with Gasteiger partial charge < -0.3 is 10.1 Å². The maximum absolute atomic E-state index is 13.0. The van der Waals surface area contributed by atoms with Crippen LogP contribution in [0.1, 0.15) is 29.3 Å². The number of carbonyl (C=O) groups excluding carboxylic acids is 3. The number of Topliss-reactive ketones (excluding diaryl/α,β-unsaturated/α-hetero) is 1. The predicted octanol–water partition coefficient (Wildman–Crippen LogP) is 2.74. The van der Waals surface area contributed by atoms with E-state index in [9.17, 15) is 14.4 Å². The molecule has 2 aromatic rings. The molecule has 1 fully saturated rings. The molecule has 1 atom stereocenters. The van der Waals surface area contributed by atoms with Gasteiger partial charge in [-0.05, 0) is 24.1 Å². The number of nitrogens with zero attached hydrogens (tertiary/aromatic N) is 1. The van der Waals surface area contributed by atoms with Crippen LogP contribution in [0.3, 0.4) is 0 Å². The van der Waals surface area contributed by atoms with E-state index in [1.807, 2.05) is 6.92 Å². The van der Waals surface area contributed by atoms with E-state index in [1.165, 1.54) is 0 Å². The first kappa shape index (κ1) is 17.7. The van der Waals surface area contributed by atoms with Crippen molar-refractivity contribution in [3.63, 3.8) is 0 Å². The van der Waals surface area contributed by atoms with E-state index in [2.05, 4.69) is 5.32 Å². The summed E-state index contributed by atoms with van der Waals surface area (Å²) in [6.07, 6.45) is 0.375. The number of benzene rings is 2. The third-order valence-electron chi connectivity index (χ3n) is 4.69. The molecule has 6 nitrogen and oxygen atoms in total. The third kappa shape index (κ3) is 2.94. The topological polar surface area (TPSA) is 75.7 Å². The van der Waals surface area contributed by atoms with Crippen molar-refractivity contribution in [3.8, 4) is 5.75 Å². The lowest BCUT2D eigenvalue weighted by atomic mass is 9.87. The predicted molar refractivity (Wildman–Crippen MR) is 96.0 cm³/mol. The summed E-state index contributed by atoms with van der Waals surface area (Å²) < 4.78 is 5.14. The highest BCUT2D eigenvalue weighted by molar-refractivity contribution is 6.11. The summed E-state index contributed by atoms with van der Waals surface area (Å²) in [4.78, 5) is 38.9. The average molecular weight is 352 g/mol. The van der Waals surface area contributed by atoms with Crippen molar-refractivity contribution in [1.29, 1.82) is 0 Å². The number of imide groups is 1. The van der Waals surface area contributed by atoms with Crippen LogP contribution in [-0.2, 0) is 10.3 Å². The number of urea groups is 1. The van der Waals surface area contributed by atoms with Crippen molar-refractivity contribution in [2.75, 3.05) is 13.7 Å². The number of carbonyl (C=O) groups is 3. The van der Waals surface area contributed by atoms with Crippen LogP contribution in [0.4, 0.5) is 4.79 Å². The van der Waals surface area contributed by atoms with Crippen molar-refractivity contribution in [2.45, 2.75) is 18.9 Å². The normalized spacial score (nSPS) is 19.4. The maximum atomic E-state index is 13.0. The molecule has 0 aliphatic carbocycles. The quantitative estimate of drug-likeness (QED) is 0.641. The molecule has 2 aromatic carbocycles. The number of nitrogens with one attached hydrogen (secondary N) is 1. The van der Waals surface area contributed by atoms with Crippen LogP contribution < -0.4 is 10.1 Å². The van der Waals surface area contributed by atoms with Crippen LogP contribution in [0, 0.1) is 0 Å². The van der Waals surface area contributed by atoms with Gasteiger partial charge in [0.1, 0.15) is 11.3 Å². The lowest BCUT2D eigenvalue weighted by Crippen LogP contribution is -2.43. The Morgan fingerprint density at radius 2 is 1.73 bits per heavy atom. The van der Waals surface area contributed by atoms with Crippen molar-refractivity contribution in [1.82, 2.24) is 10.2 Å². The number of hydrogen-bond donors (Lipinski definition) is 1. The van der Waals surface area contributed by atoms with Crippen molar-refractivity contribution in [2.24, 2.45) is 0 Å². The lowest BCUT2D eigenvalue weighted by molar-refractivity contribution is -0.131. The number of amides is 3. The Bertz CT molecular complexity index is 833. The largest absolute Gasteiger partial charge is 0.497 e. The van der Waals surface area contributed by atoms with Crippen LogP contribution in [0.25, 0.3) is 0 Å². The fraction of sp³-hybridized carbons (Fsp3) is 0.250. The molecule has 134 valence electrons. The number of methoxy groups -OCH3 is 1. The van der Waals surface area contributed by atoms with Gasteiger partial charge in [0.25, 0.3) is 5.91 Å². The molecule has 0 bridgehead atoms. The number of rotatable bonds is 6. The molecule has 26 heavy (non-hydrogen) atoms. The standard InChI is InChI=1S/C20H20N2O4/c1-3-20(15-9-11-16(26-2)12-10-15)18(24)22(19(25)21-20)13-17(23)14-7-5-4-6-8-14/h4-12H,3,13H2,1-2H3,(H,21,25)/t20-/m1/s1. The first-order valence-corrected chi connectivity index (χ1v) is 8.38. The molecule has 0 saturated carbocycles. The number of hydrogen-bond acceptors (Lipinski definition) is 4. The van der Waals surface area contributed by atoms with E-state index in [1.54, 1.807) is 61.7 Å². The zero-order chi connectivity index (χ0) is 18.7. The summed E-state index contributed by atoms with van der Waals surface area (Å²) >= 11 is 0. The number of ether oxygens (including phenoxy) is 1. The molecule has 3 amide bonds. The highest BCUT2D eigenvalue weighted by atomic mass is 16.5. The summed E-state index contributed by atoms with van der Waals surface area (Å²) in [5.74, 6) is -0.0388. The van der Waals surface area contributed by atoms with E-state index in [0.717, 1.165) is 4.90 Å². The van der Waals surface area contributed by atoms with Crippen LogP contribution in [0.15, 0.2) is 54.6 Å². The van der Waals surface area contributed by atoms with Gasteiger partial charge in [0.2, 0.25) is 0 Å². The van der Waals surface area contributed by atoms with Gasteiger partial charge in [0, 0.05) is 5.56 Å². The Labute approximate surface area is 151 Å². The van der Waals surface area contributed by atoms with E-state index in [0.29, 0.717) is 23.3 Å². The minimum Gasteiger partial charge on any atom is -0.497 e. The van der Waals surface area contributed by atoms with Crippen LogP contribution in [-0.4, -0.2) is 36.3 Å². The second-order valence-electron chi connectivity index (χ2n) is 6.10. The van der Waals surface area contributed by atoms with Crippen molar-refractivity contribution >= 4 is 17.7 Å². The van der Waals surface area contributed by atoms with E-state index < -0.39 is 17.5 Å². The lowest BCUT2D eigenvalue weighted by Gasteiger charge is -2.26. The molecule has 1 aliphatic rings. The fourth-order valence-corrected chi connectivity index (χ4v) is 3.14. The Morgan fingerprint density at radius 1 is 1.08 bits per heavy atom. The fourth-order valence-electron chi connectivity index (χ4n) is 3.14. The van der Waals surface area contributed by atoms with Gasteiger partial charge in [-0.15, -0.1) is 0 Å². The van der Waals surface area contributed by atoms with Crippen molar-refractivity contribution < 1.29 is 19.1 Å². The van der Waals surface area contributed by atoms with E-state index in [-0.39, 0.29) is 12.3 Å². The van der Waals surface area contributed by atoms with Crippen molar-refractivity contribution in [3.05, 3.63) is 65.7 Å². The summed E-state index contributed by atoms with van der Waals surface area (Å²) in [6.45, 7) is 1.54. The molecule has 0 unspecified atom stereocenters. The molecule has 3 rings (SSSR count). The molecule has 0 aromatic heterocycles. The summed E-state index contributed by atoms with van der Waals surface area (Å²) in [5.41, 5.74) is -0.0410. The molecule has 0 spiro atoms.